The molecule has 1 aromatic carbocycles. The van der Waals surface area contributed by atoms with Crippen LogP contribution in [0.4, 0.5) is 5.69 Å². The quantitative estimate of drug-likeness (QED) is 0.399. The van der Waals surface area contributed by atoms with Crippen molar-refractivity contribution in [2.45, 2.75) is 11.3 Å². The van der Waals surface area contributed by atoms with Gasteiger partial charge in [0.05, 0.1) is 6.42 Å². The van der Waals surface area contributed by atoms with Gasteiger partial charge in [-0.2, -0.15) is 0 Å². The molecule has 0 saturated heterocycles. The zero-order valence-electron chi connectivity index (χ0n) is 7.78. The number of hydrazine groups is 1. The fourth-order valence-corrected chi connectivity index (χ4v) is 1.77. The average Bonchev–Trinajstić information content (AvgIpc) is 2.16. The number of hydrogen-bond donors (Lipinski definition) is 3. The Morgan fingerprint density at radius 1 is 1.64 bits per heavy atom. The maximum absolute atomic E-state index is 10.6. The first-order valence-corrected chi connectivity index (χ1v) is 5.25. The zero-order chi connectivity index (χ0) is 10.6. The normalized spacial score (nSPS) is 9.86. The van der Waals surface area contributed by atoms with Crippen molar-refractivity contribution in [1.29, 1.82) is 0 Å². The third kappa shape index (κ3) is 2.65. The molecule has 14 heavy (non-hydrogen) atoms. The van der Waals surface area contributed by atoms with Crippen LogP contribution in [-0.4, -0.2) is 17.3 Å². The Morgan fingerprint density at radius 2 is 2.36 bits per heavy atom. The summed E-state index contributed by atoms with van der Waals surface area (Å²) in [7, 11) is 0. The molecule has 76 valence electrons. The molecular weight excluding hydrogens is 200 g/mol. The second-order valence-corrected chi connectivity index (χ2v) is 3.59. The van der Waals surface area contributed by atoms with Gasteiger partial charge in [-0.15, -0.1) is 11.8 Å². The highest BCUT2D eigenvalue weighted by molar-refractivity contribution is 7.98. The van der Waals surface area contributed by atoms with Crippen LogP contribution in [0.25, 0.3) is 0 Å². The second kappa shape index (κ2) is 4.88. The third-order valence-corrected chi connectivity index (χ3v) is 2.63. The van der Waals surface area contributed by atoms with Crippen LogP contribution in [0.1, 0.15) is 5.56 Å². The lowest BCUT2D eigenvalue weighted by atomic mass is 10.1. The van der Waals surface area contributed by atoms with Gasteiger partial charge in [-0.1, -0.05) is 0 Å². The lowest BCUT2D eigenvalue weighted by Crippen LogP contribution is -2.08. The average molecular weight is 212 g/mol. The molecule has 0 aromatic heterocycles. The maximum atomic E-state index is 10.6. The summed E-state index contributed by atoms with van der Waals surface area (Å²) in [4.78, 5) is 11.5. The molecule has 0 heterocycles. The van der Waals surface area contributed by atoms with Crippen LogP contribution in [0.15, 0.2) is 23.1 Å². The molecule has 0 spiro atoms. The summed E-state index contributed by atoms with van der Waals surface area (Å²) in [5.41, 5.74) is 3.99. The van der Waals surface area contributed by atoms with E-state index in [-0.39, 0.29) is 6.42 Å². The smallest absolute Gasteiger partial charge is 0.307 e. The molecule has 4 nitrogen and oxygen atoms in total. The summed E-state index contributed by atoms with van der Waals surface area (Å²) in [6.07, 6.45) is 1.93. The molecule has 0 unspecified atom stereocenters. The Kier molecular flexibility index (Phi) is 3.79. The molecule has 0 bridgehead atoms. The molecule has 0 aliphatic carbocycles. The molecule has 0 amide bonds. The van der Waals surface area contributed by atoms with Gasteiger partial charge in [0.15, 0.2) is 0 Å². The van der Waals surface area contributed by atoms with Crippen LogP contribution in [0, 0.1) is 0 Å². The summed E-state index contributed by atoms with van der Waals surface area (Å²) in [6.45, 7) is 0. The van der Waals surface area contributed by atoms with E-state index in [1.165, 1.54) is 11.8 Å². The van der Waals surface area contributed by atoms with Crippen molar-refractivity contribution in [2.24, 2.45) is 5.84 Å². The van der Waals surface area contributed by atoms with Crippen molar-refractivity contribution in [1.82, 2.24) is 0 Å². The van der Waals surface area contributed by atoms with E-state index >= 15 is 0 Å². The van der Waals surface area contributed by atoms with Crippen LogP contribution in [0.5, 0.6) is 0 Å². The summed E-state index contributed by atoms with van der Waals surface area (Å²) in [5, 5.41) is 8.69. The van der Waals surface area contributed by atoms with E-state index in [9.17, 15) is 4.79 Å². The van der Waals surface area contributed by atoms with Crippen LogP contribution in [-0.2, 0) is 11.2 Å². The highest BCUT2D eigenvalue weighted by atomic mass is 32.2. The van der Waals surface area contributed by atoms with E-state index in [4.69, 9.17) is 10.9 Å². The van der Waals surface area contributed by atoms with Crippen molar-refractivity contribution in [3.05, 3.63) is 23.8 Å². The van der Waals surface area contributed by atoms with E-state index in [2.05, 4.69) is 5.43 Å². The lowest BCUT2D eigenvalue weighted by Gasteiger charge is -2.07. The minimum Gasteiger partial charge on any atom is -0.481 e. The molecule has 0 fully saturated rings. The number of aliphatic carboxylic acids is 1. The van der Waals surface area contributed by atoms with Crippen LogP contribution < -0.4 is 11.3 Å². The van der Waals surface area contributed by atoms with E-state index < -0.39 is 5.97 Å². The number of hydrogen-bond acceptors (Lipinski definition) is 4. The fourth-order valence-electron chi connectivity index (χ4n) is 1.17. The third-order valence-electron chi connectivity index (χ3n) is 1.79. The van der Waals surface area contributed by atoms with E-state index in [1.54, 1.807) is 6.07 Å². The number of nitrogens with two attached hydrogens (primary N) is 1. The lowest BCUT2D eigenvalue weighted by molar-refractivity contribution is -0.136. The van der Waals surface area contributed by atoms with Gasteiger partial charge in [-0.25, -0.2) is 0 Å². The van der Waals surface area contributed by atoms with Gasteiger partial charge in [0.25, 0.3) is 0 Å². The van der Waals surface area contributed by atoms with Crippen molar-refractivity contribution >= 4 is 23.4 Å². The van der Waals surface area contributed by atoms with Crippen molar-refractivity contribution in [3.63, 3.8) is 0 Å². The number of benzene rings is 1. The minimum absolute atomic E-state index is 0.0195. The summed E-state index contributed by atoms with van der Waals surface area (Å²) >= 11 is 1.52. The van der Waals surface area contributed by atoms with Gasteiger partial charge >= 0.3 is 5.97 Å². The first-order valence-electron chi connectivity index (χ1n) is 4.02. The molecule has 4 N–H and O–H groups in total. The molecule has 0 aliphatic rings. The number of carbonyl (C=O) groups is 1. The first-order chi connectivity index (χ1) is 6.67. The maximum Gasteiger partial charge on any atom is 0.307 e. The Hall–Kier alpha value is -1.20. The molecule has 5 heteroatoms. The largest absolute Gasteiger partial charge is 0.481 e. The van der Waals surface area contributed by atoms with Gasteiger partial charge in [0.1, 0.15) is 0 Å². The van der Waals surface area contributed by atoms with Crippen molar-refractivity contribution in [3.8, 4) is 0 Å². The number of nitrogens with one attached hydrogen (secondary N) is 1. The monoisotopic (exact) mass is 212 g/mol. The van der Waals surface area contributed by atoms with E-state index in [1.807, 2.05) is 18.4 Å². The Labute approximate surface area is 86.5 Å². The predicted octanol–water partition coefficient (Wildman–Crippen LogP) is 1.32. The number of carboxylic acid groups (broad SMARTS) is 1. The number of anilines is 1. The first kappa shape index (κ1) is 10.9. The Bertz CT molecular complexity index is 342. The number of carboxylic acids is 1. The second-order valence-electron chi connectivity index (χ2n) is 2.74. The topological polar surface area (TPSA) is 75.3 Å². The van der Waals surface area contributed by atoms with Crippen LogP contribution in [0.2, 0.25) is 0 Å². The molecule has 0 atom stereocenters. The summed E-state index contributed by atoms with van der Waals surface area (Å²) in [6, 6.07) is 5.43. The van der Waals surface area contributed by atoms with Gasteiger partial charge < -0.3 is 10.5 Å². The van der Waals surface area contributed by atoms with Gasteiger partial charge in [-0.3, -0.25) is 10.6 Å². The Balaban J connectivity index is 3.01. The molecule has 0 saturated carbocycles. The molecule has 1 aromatic rings. The predicted molar refractivity (Wildman–Crippen MR) is 57.4 cm³/mol. The molecule has 0 aliphatic heterocycles. The number of thioether (sulfide) groups is 1. The molecule has 0 radical (unpaired) electrons. The van der Waals surface area contributed by atoms with Crippen molar-refractivity contribution in [2.75, 3.05) is 11.7 Å². The molecular formula is C9H12N2O2S. The van der Waals surface area contributed by atoms with Crippen molar-refractivity contribution < 1.29 is 9.90 Å². The highest BCUT2D eigenvalue weighted by Crippen LogP contribution is 2.23. The SMILES string of the molecule is CSc1ccc(NN)cc1CC(=O)O. The number of nitrogen functional groups attached to an aromatic ring is 1. The summed E-state index contributed by atoms with van der Waals surface area (Å²) < 4.78 is 0. The summed E-state index contributed by atoms with van der Waals surface area (Å²) in [5.74, 6) is 4.40. The van der Waals surface area contributed by atoms with E-state index in [0.29, 0.717) is 0 Å². The minimum atomic E-state index is -0.838. The highest BCUT2D eigenvalue weighted by Gasteiger charge is 2.06. The van der Waals surface area contributed by atoms with Gasteiger partial charge in [0, 0.05) is 10.6 Å². The fraction of sp³-hybridized carbons (Fsp3) is 0.222. The molecule has 1 rings (SSSR count). The Morgan fingerprint density at radius 3 is 2.86 bits per heavy atom. The standard InChI is InChI=1S/C9H12N2O2S/c1-14-8-3-2-7(11-10)4-6(8)5-9(12)13/h2-4,11H,5,10H2,1H3,(H,12,13). The van der Waals surface area contributed by atoms with Gasteiger partial charge in [-0.05, 0) is 30.0 Å². The van der Waals surface area contributed by atoms with Gasteiger partial charge in [0.2, 0.25) is 0 Å². The number of rotatable bonds is 4. The van der Waals surface area contributed by atoms with Crippen LogP contribution in [0.3, 0.4) is 0 Å². The zero-order valence-corrected chi connectivity index (χ0v) is 8.60. The van der Waals surface area contributed by atoms with E-state index in [0.717, 1.165) is 16.1 Å². The van der Waals surface area contributed by atoms with Crippen LogP contribution >= 0.6 is 11.8 Å².